The van der Waals surface area contributed by atoms with Crippen LogP contribution in [0.2, 0.25) is 5.02 Å². The van der Waals surface area contributed by atoms with Crippen molar-refractivity contribution >= 4 is 40.9 Å². The molecule has 0 unspecified atom stereocenters. The van der Waals surface area contributed by atoms with E-state index in [9.17, 15) is 14.0 Å². The molecule has 0 radical (unpaired) electrons. The zero-order valence-corrected chi connectivity index (χ0v) is 17.4. The topological polar surface area (TPSA) is 49.4 Å². The van der Waals surface area contributed by atoms with Crippen LogP contribution in [-0.4, -0.2) is 22.5 Å². The molecule has 1 N–H and O–H groups in total. The lowest BCUT2D eigenvalue weighted by atomic mass is 10.1. The van der Waals surface area contributed by atoms with Gasteiger partial charge in [-0.3, -0.25) is 9.59 Å². The van der Waals surface area contributed by atoms with Gasteiger partial charge in [-0.1, -0.05) is 54.1 Å². The fraction of sp³-hybridized carbons (Fsp3) is 0.130. The summed E-state index contributed by atoms with van der Waals surface area (Å²) in [6.07, 6.45) is 0. The Morgan fingerprint density at radius 2 is 1.83 bits per heavy atom. The minimum atomic E-state index is -0.539. The molecule has 3 aromatic rings. The number of benzene rings is 3. The molecular formula is C23H18ClFN2O2S. The second-order valence-corrected chi connectivity index (χ2v) is 8.35. The molecule has 1 aliphatic heterocycles. The van der Waals surface area contributed by atoms with E-state index < -0.39 is 5.82 Å². The Morgan fingerprint density at radius 1 is 1.10 bits per heavy atom. The summed E-state index contributed by atoms with van der Waals surface area (Å²) in [6.45, 7) is 0.547. The zero-order chi connectivity index (χ0) is 21.1. The molecule has 1 fully saturated rings. The lowest BCUT2D eigenvalue weighted by Crippen LogP contribution is -2.27. The van der Waals surface area contributed by atoms with Crippen LogP contribution >= 0.6 is 23.4 Å². The van der Waals surface area contributed by atoms with Crippen molar-refractivity contribution in [1.82, 2.24) is 4.90 Å². The molecule has 0 bridgehead atoms. The molecule has 7 heteroatoms. The third kappa shape index (κ3) is 4.50. The van der Waals surface area contributed by atoms with Gasteiger partial charge in [0.2, 0.25) is 5.91 Å². The SMILES string of the molecule is O=C(Nc1ccc(F)c(Cl)c1)c1ccc([C@H]2SCC(=O)N2Cc2ccccc2)cc1. The highest BCUT2D eigenvalue weighted by atomic mass is 35.5. The highest BCUT2D eigenvalue weighted by molar-refractivity contribution is 8.00. The maximum Gasteiger partial charge on any atom is 0.255 e. The molecular weight excluding hydrogens is 423 g/mol. The van der Waals surface area contributed by atoms with Crippen molar-refractivity contribution in [2.24, 2.45) is 0 Å². The van der Waals surface area contributed by atoms with Crippen molar-refractivity contribution in [1.29, 1.82) is 0 Å². The number of carbonyl (C=O) groups excluding carboxylic acids is 2. The third-order valence-electron chi connectivity index (χ3n) is 4.80. The van der Waals surface area contributed by atoms with Crippen LogP contribution in [0, 0.1) is 5.82 Å². The number of nitrogens with one attached hydrogen (secondary N) is 1. The minimum absolute atomic E-state index is 0.0513. The van der Waals surface area contributed by atoms with Gasteiger partial charge in [0, 0.05) is 17.8 Å². The van der Waals surface area contributed by atoms with Crippen LogP contribution in [0.15, 0.2) is 72.8 Å². The Morgan fingerprint density at radius 3 is 2.53 bits per heavy atom. The van der Waals surface area contributed by atoms with Crippen molar-refractivity contribution in [3.63, 3.8) is 0 Å². The first-order valence-corrected chi connectivity index (χ1v) is 10.8. The number of halogens is 2. The fourth-order valence-corrected chi connectivity index (χ4v) is 4.63. The number of anilines is 1. The van der Waals surface area contributed by atoms with E-state index in [1.807, 2.05) is 47.4 Å². The summed E-state index contributed by atoms with van der Waals surface area (Å²) >= 11 is 7.34. The summed E-state index contributed by atoms with van der Waals surface area (Å²) in [5.41, 5.74) is 2.92. The van der Waals surface area contributed by atoms with Gasteiger partial charge in [0.05, 0.1) is 10.8 Å². The molecule has 1 atom stereocenters. The maximum absolute atomic E-state index is 13.3. The summed E-state index contributed by atoms with van der Waals surface area (Å²) in [7, 11) is 0. The Balaban J connectivity index is 1.47. The molecule has 0 saturated carbocycles. The molecule has 1 saturated heterocycles. The lowest BCUT2D eigenvalue weighted by molar-refractivity contribution is -0.128. The standard InChI is InChI=1S/C23H18ClFN2O2S/c24-19-12-18(10-11-20(19)25)26-22(29)16-6-8-17(9-7-16)23-27(21(28)14-30-23)13-15-4-2-1-3-5-15/h1-12,23H,13-14H2,(H,26,29)/t23-/m1/s1. The number of carbonyl (C=O) groups is 2. The van der Waals surface area contributed by atoms with E-state index in [0.717, 1.165) is 11.1 Å². The van der Waals surface area contributed by atoms with Gasteiger partial charge in [0.25, 0.3) is 5.91 Å². The van der Waals surface area contributed by atoms with E-state index in [1.165, 1.54) is 18.2 Å². The quantitative estimate of drug-likeness (QED) is 0.569. The van der Waals surface area contributed by atoms with E-state index in [2.05, 4.69) is 5.32 Å². The van der Waals surface area contributed by atoms with Crippen molar-refractivity contribution < 1.29 is 14.0 Å². The van der Waals surface area contributed by atoms with Gasteiger partial charge < -0.3 is 10.2 Å². The van der Waals surface area contributed by atoms with E-state index in [-0.39, 0.29) is 22.2 Å². The second kappa shape index (κ2) is 8.90. The molecule has 0 aromatic heterocycles. The Hall–Kier alpha value is -2.83. The largest absolute Gasteiger partial charge is 0.322 e. The summed E-state index contributed by atoms with van der Waals surface area (Å²) in [6, 6.07) is 21.1. The van der Waals surface area contributed by atoms with Gasteiger partial charge in [0.1, 0.15) is 11.2 Å². The van der Waals surface area contributed by atoms with Crippen molar-refractivity contribution in [2.45, 2.75) is 11.9 Å². The second-order valence-electron chi connectivity index (χ2n) is 6.88. The summed E-state index contributed by atoms with van der Waals surface area (Å²) in [5.74, 6) is -0.322. The lowest BCUT2D eigenvalue weighted by Gasteiger charge is -2.24. The minimum Gasteiger partial charge on any atom is -0.322 e. The van der Waals surface area contributed by atoms with Crippen molar-refractivity contribution in [3.8, 4) is 0 Å². The molecule has 1 aliphatic rings. The molecule has 30 heavy (non-hydrogen) atoms. The molecule has 3 aromatic carbocycles. The zero-order valence-electron chi connectivity index (χ0n) is 15.8. The summed E-state index contributed by atoms with van der Waals surface area (Å²) < 4.78 is 13.3. The van der Waals surface area contributed by atoms with E-state index in [0.29, 0.717) is 23.5 Å². The molecule has 0 spiro atoms. The van der Waals surface area contributed by atoms with Gasteiger partial charge in [-0.25, -0.2) is 4.39 Å². The van der Waals surface area contributed by atoms with E-state index in [4.69, 9.17) is 11.6 Å². The Bertz CT molecular complexity index is 1080. The average molecular weight is 441 g/mol. The van der Waals surface area contributed by atoms with Crippen LogP contribution < -0.4 is 5.32 Å². The highest BCUT2D eigenvalue weighted by Gasteiger charge is 2.32. The smallest absolute Gasteiger partial charge is 0.255 e. The van der Waals surface area contributed by atoms with Crippen LogP contribution in [-0.2, 0) is 11.3 Å². The monoisotopic (exact) mass is 440 g/mol. The molecule has 1 heterocycles. The highest BCUT2D eigenvalue weighted by Crippen LogP contribution is 2.39. The fourth-order valence-electron chi connectivity index (χ4n) is 3.26. The number of rotatable bonds is 5. The number of amides is 2. The first-order chi connectivity index (χ1) is 14.5. The predicted octanol–water partition coefficient (Wildman–Crippen LogP) is 5.51. The maximum atomic E-state index is 13.3. The van der Waals surface area contributed by atoms with E-state index >= 15 is 0 Å². The predicted molar refractivity (Wildman–Crippen MR) is 118 cm³/mol. The van der Waals surface area contributed by atoms with Gasteiger partial charge in [-0.2, -0.15) is 0 Å². The van der Waals surface area contributed by atoms with Gasteiger partial charge >= 0.3 is 0 Å². The van der Waals surface area contributed by atoms with Gasteiger partial charge in [0.15, 0.2) is 0 Å². The summed E-state index contributed by atoms with van der Waals surface area (Å²) in [5, 5.41) is 2.56. The molecule has 152 valence electrons. The first kappa shape index (κ1) is 20.4. The van der Waals surface area contributed by atoms with Gasteiger partial charge in [-0.15, -0.1) is 11.8 Å². The Labute approximate surface area is 183 Å². The Kier molecular flexibility index (Phi) is 6.06. The number of hydrogen-bond donors (Lipinski definition) is 1. The van der Waals surface area contributed by atoms with Crippen LogP contribution in [0.4, 0.5) is 10.1 Å². The van der Waals surface area contributed by atoms with Gasteiger partial charge in [-0.05, 0) is 41.5 Å². The third-order valence-corrected chi connectivity index (χ3v) is 6.34. The van der Waals surface area contributed by atoms with Crippen LogP contribution in [0.1, 0.15) is 26.9 Å². The summed E-state index contributed by atoms with van der Waals surface area (Å²) in [4.78, 5) is 26.7. The van der Waals surface area contributed by atoms with Crippen molar-refractivity contribution in [2.75, 3.05) is 11.1 Å². The first-order valence-electron chi connectivity index (χ1n) is 9.32. The van der Waals surface area contributed by atoms with Crippen LogP contribution in [0.5, 0.6) is 0 Å². The average Bonchev–Trinajstić information content (AvgIpc) is 3.12. The van der Waals surface area contributed by atoms with E-state index in [1.54, 1.807) is 23.9 Å². The molecule has 4 rings (SSSR count). The normalized spacial score (nSPS) is 16.0. The van der Waals surface area contributed by atoms with Crippen LogP contribution in [0.3, 0.4) is 0 Å². The van der Waals surface area contributed by atoms with Crippen molar-refractivity contribution in [3.05, 3.63) is 100 Å². The number of thioether (sulfide) groups is 1. The molecule has 4 nitrogen and oxygen atoms in total. The number of hydrogen-bond acceptors (Lipinski definition) is 3. The molecule has 2 amide bonds. The van der Waals surface area contributed by atoms with Crippen LogP contribution in [0.25, 0.3) is 0 Å². The number of nitrogens with zero attached hydrogens (tertiary/aromatic N) is 1. The molecule has 0 aliphatic carbocycles.